The maximum Gasteiger partial charge on any atom is 0.122 e. The fraction of sp³-hybridized carbons (Fsp3) is 0.500. The van der Waals surface area contributed by atoms with Crippen LogP contribution < -0.4 is 5.48 Å². The molecule has 3 nitrogen and oxygen atoms in total. The summed E-state index contributed by atoms with van der Waals surface area (Å²) in [4.78, 5) is 4.81. The third-order valence-corrected chi connectivity index (χ3v) is 1.55. The Labute approximate surface area is 66.3 Å². The van der Waals surface area contributed by atoms with E-state index in [1.54, 1.807) is 13.4 Å². The highest BCUT2D eigenvalue weighted by molar-refractivity contribution is 5.03. The Kier molecular flexibility index (Phi) is 3.14. The van der Waals surface area contributed by atoms with Crippen molar-refractivity contribution in [1.82, 2.24) is 5.48 Å². The van der Waals surface area contributed by atoms with Gasteiger partial charge in [-0.2, -0.15) is 5.48 Å². The van der Waals surface area contributed by atoms with Gasteiger partial charge in [0.1, 0.15) is 5.76 Å². The Morgan fingerprint density at radius 2 is 2.55 bits per heavy atom. The van der Waals surface area contributed by atoms with Gasteiger partial charge in [0.25, 0.3) is 0 Å². The molecule has 1 rings (SSSR count). The van der Waals surface area contributed by atoms with E-state index >= 15 is 0 Å². The molecule has 0 amide bonds. The SMILES string of the molecule is CCC(NOC)c1ccco1. The molecule has 11 heavy (non-hydrogen) atoms. The second kappa shape index (κ2) is 4.16. The fourth-order valence-corrected chi connectivity index (χ4v) is 0.974. The van der Waals surface area contributed by atoms with Crippen molar-refractivity contribution in [2.45, 2.75) is 19.4 Å². The van der Waals surface area contributed by atoms with Crippen LogP contribution in [0.3, 0.4) is 0 Å². The van der Waals surface area contributed by atoms with Crippen LogP contribution in [0.5, 0.6) is 0 Å². The van der Waals surface area contributed by atoms with Gasteiger partial charge in [0.05, 0.1) is 19.4 Å². The number of rotatable bonds is 4. The Morgan fingerprint density at radius 1 is 1.73 bits per heavy atom. The number of nitrogens with one attached hydrogen (secondary N) is 1. The van der Waals surface area contributed by atoms with E-state index in [4.69, 9.17) is 9.25 Å². The predicted molar refractivity (Wildman–Crippen MR) is 41.9 cm³/mol. The van der Waals surface area contributed by atoms with Crippen LogP contribution in [0.25, 0.3) is 0 Å². The average molecular weight is 155 g/mol. The monoisotopic (exact) mass is 155 g/mol. The molecule has 0 saturated carbocycles. The van der Waals surface area contributed by atoms with Crippen molar-refractivity contribution in [3.63, 3.8) is 0 Å². The first-order chi connectivity index (χ1) is 5.38. The number of hydrogen-bond donors (Lipinski definition) is 1. The van der Waals surface area contributed by atoms with Crippen molar-refractivity contribution in [3.05, 3.63) is 24.2 Å². The molecule has 0 saturated heterocycles. The van der Waals surface area contributed by atoms with Gasteiger partial charge in [-0.3, -0.25) is 0 Å². The number of furan rings is 1. The topological polar surface area (TPSA) is 34.4 Å². The lowest BCUT2D eigenvalue weighted by Crippen LogP contribution is -2.18. The van der Waals surface area contributed by atoms with Crippen molar-refractivity contribution in [3.8, 4) is 0 Å². The van der Waals surface area contributed by atoms with Crippen LogP contribution in [0.15, 0.2) is 22.8 Å². The molecule has 1 unspecified atom stereocenters. The van der Waals surface area contributed by atoms with E-state index in [1.165, 1.54) is 0 Å². The van der Waals surface area contributed by atoms with Gasteiger partial charge in [-0.05, 0) is 18.6 Å². The molecule has 1 aromatic rings. The highest BCUT2D eigenvalue weighted by Crippen LogP contribution is 2.15. The van der Waals surface area contributed by atoms with Crippen molar-refractivity contribution < 1.29 is 9.25 Å². The van der Waals surface area contributed by atoms with Crippen molar-refractivity contribution in [2.24, 2.45) is 0 Å². The Hall–Kier alpha value is -0.800. The summed E-state index contributed by atoms with van der Waals surface area (Å²) in [6.07, 6.45) is 2.61. The summed E-state index contributed by atoms with van der Waals surface area (Å²) in [5.41, 5.74) is 2.84. The van der Waals surface area contributed by atoms with Crippen LogP contribution in [-0.4, -0.2) is 7.11 Å². The van der Waals surface area contributed by atoms with Gasteiger partial charge in [-0.1, -0.05) is 6.92 Å². The van der Waals surface area contributed by atoms with Crippen LogP contribution in [0.4, 0.5) is 0 Å². The number of hydroxylamine groups is 1. The second-order valence-corrected chi connectivity index (χ2v) is 2.30. The summed E-state index contributed by atoms with van der Waals surface area (Å²) in [6.45, 7) is 2.07. The lowest BCUT2D eigenvalue weighted by Gasteiger charge is -2.11. The summed E-state index contributed by atoms with van der Waals surface area (Å²) >= 11 is 0. The molecule has 1 atom stereocenters. The van der Waals surface area contributed by atoms with E-state index in [2.05, 4.69) is 12.4 Å². The highest BCUT2D eigenvalue weighted by Gasteiger charge is 2.09. The zero-order chi connectivity index (χ0) is 8.10. The molecule has 0 aliphatic carbocycles. The third kappa shape index (κ3) is 2.06. The molecule has 1 heterocycles. The molecule has 0 bridgehead atoms. The molecule has 0 fully saturated rings. The molecular formula is C8H13NO2. The first-order valence-corrected chi connectivity index (χ1v) is 3.70. The molecular weight excluding hydrogens is 142 g/mol. The third-order valence-electron chi connectivity index (χ3n) is 1.55. The molecule has 0 aromatic carbocycles. The zero-order valence-electron chi connectivity index (χ0n) is 6.83. The van der Waals surface area contributed by atoms with Crippen molar-refractivity contribution >= 4 is 0 Å². The minimum absolute atomic E-state index is 0.162. The Balaban J connectivity index is 2.56. The van der Waals surface area contributed by atoms with Gasteiger partial charge in [-0.15, -0.1) is 0 Å². The van der Waals surface area contributed by atoms with Crippen molar-refractivity contribution in [2.75, 3.05) is 7.11 Å². The first-order valence-electron chi connectivity index (χ1n) is 3.70. The quantitative estimate of drug-likeness (QED) is 0.674. The molecule has 62 valence electrons. The minimum atomic E-state index is 0.162. The van der Waals surface area contributed by atoms with Gasteiger partial charge in [0, 0.05) is 0 Å². The Bertz CT molecular complexity index is 184. The maximum absolute atomic E-state index is 5.20. The highest BCUT2D eigenvalue weighted by atomic mass is 16.6. The summed E-state index contributed by atoms with van der Waals surface area (Å²) in [7, 11) is 1.60. The summed E-state index contributed by atoms with van der Waals surface area (Å²) in [5.74, 6) is 0.911. The van der Waals surface area contributed by atoms with E-state index in [1.807, 2.05) is 12.1 Å². The molecule has 0 radical (unpaired) electrons. The van der Waals surface area contributed by atoms with E-state index in [0.29, 0.717) is 0 Å². The summed E-state index contributed by atoms with van der Waals surface area (Å²) < 4.78 is 5.20. The second-order valence-electron chi connectivity index (χ2n) is 2.30. The average Bonchev–Trinajstić information content (AvgIpc) is 2.52. The first kappa shape index (κ1) is 8.30. The van der Waals surface area contributed by atoms with Crippen molar-refractivity contribution in [1.29, 1.82) is 0 Å². The predicted octanol–water partition coefficient (Wildman–Crippen LogP) is 1.88. The molecule has 0 aliphatic rings. The van der Waals surface area contributed by atoms with Gasteiger partial charge >= 0.3 is 0 Å². The largest absolute Gasteiger partial charge is 0.468 e. The molecule has 0 spiro atoms. The molecule has 3 heteroatoms. The van der Waals surface area contributed by atoms with Crippen LogP contribution in [-0.2, 0) is 4.84 Å². The van der Waals surface area contributed by atoms with E-state index < -0.39 is 0 Å². The van der Waals surface area contributed by atoms with Gasteiger partial charge in [0.2, 0.25) is 0 Å². The van der Waals surface area contributed by atoms with E-state index in [9.17, 15) is 0 Å². The lowest BCUT2D eigenvalue weighted by atomic mass is 10.2. The maximum atomic E-state index is 5.20. The summed E-state index contributed by atoms with van der Waals surface area (Å²) in [6, 6.07) is 3.96. The zero-order valence-corrected chi connectivity index (χ0v) is 6.83. The normalized spacial score (nSPS) is 13.3. The molecule has 1 aromatic heterocycles. The fourth-order valence-electron chi connectivity index (χ4n) is 0.974. The van der Waals surface area contributed by atoms with E-state index in [0.717, 1.165) is 12.2 Å². The minimum Gasteiger partial charge on any atom is -0.468 e. The van der Waals surface area contributed by atoms with Gasteiger partial charge < -0.3 is 9.25 Å². The molecule has 0 aliphatic heterocycles. The van der Waals surface area contributed by atoms with Crippen LogP contribution in [0.2, 0.25) is 0 Å². The molecule has 1 N–H and O–H groups in total. The van der Waals surface area contributed by atoms with Crippen LogP contribution in [0, 0.1) is 0 Å². The lowest BCUT2D eigenvalue weighted by molar-refractivity contribution is 0.0525. The van der Waals surface area contributed by atoms with E-state index in [-0.39, 0.29) is 6.04 Å². The van der Waals surface area contributed by atoms with Crippen LogP contribution in [0.1, 0.15) is 25.1 Å². The van der Waals surface area contributed by atoms with Gasteiger partial charge in [0.15, 0.2) is 0 Å². The summed E-state index contributed by atoms with van der Waals surface area (Å²) in [5, 5.41) is 0. The standard InChI is InChI=1S/C8H13NO2/c1-3-7(9-10-2)8-5-4-6-11-8/h4-7,9H,3H2,1-2H3. The smallest absolute Gasteiger partial charge is 0.122 e. The van der Waals surface area contributed by atoms with Gasteiger partial charge in [-0.25, -0.2) is 0 Å². The number of hydrogen-bond acceptors (Lipinski definition) is 3. The van der Waals surface area contributed by atoms with Crippen LogP contribution >= 0.6 is 0 Å². The Morgan fingerprint density at radius 3 is 3.00 bits per heavy atom.